The first kappa shape index (κ1) is 18.4. The van der Waals surface area contributed by atoms with E-state index in [1.54, 1.807) is 23.1 Å². The van der Waals surface area contributed by atoms with E-state index < -0.39 is 14.9 Å². The number of nitrogens with zero attached hydrogens (tertiary/aromatic N) is 3. The van der Waals surface area contributed by atoms with Crippen molar-refractivity contribution >= 4 is 27.3 Å². The number of nitrogens with one attached hydrogen (secondary N) is 1. The van der Waals surface area contributed by atoms with Crippen LogP contribution in [0.2, 0.25) is 5.02 Å². The summed E-state index contributed by atoms with van der Waals surface area (Å²) < 4.78 is 28.9. The van der Waals surface area contributed by atoms with E-state index in [2.05, 4.69) is 9.82 Å². The monoisotopic (exact) mass is 372 g/mol. The van der Waals surface area contributed by atoms with Gasteiger partial charge in [0.15, 0.2) is 0 Å². The Bertz CT molecular complexity index is 837. The molecule has 0 amide bonds. The number of nitro benzene ring substituents is 1. The van der Waals surface area contributed by atoms with Gasteiger partial charge in [0.25, 0.3) is 5.69 Å². The molecule has 24 heavy (non-hydrogen) atoms. The fraction of sp³-hybridized carbons (Fsp3) is 0.357. The van der Waals surface area contributed by atoms with Crippen molar-refractivity contribution in [3.8, 4) is 0 Å². The summed E-state index contributed by atoms with van der Waals surface area (Å²) in [6.45, 7) is 4.05. The fourth-order valence-electron chi connectivity index (χ4n) is 2.11. The molecule has 1 atom stereocenters. The number of benzene rings is 1. The van der Waals surface area contributed by atoms with Crippen molar-refractivity contribution in [2.24, 2.45) is 5.92 Å². The maximum atomic E-state index is 12.4. The lowest BCUT2D eigenvalue weighted by molar-refractivity contribution is -0.385. The van der Waals surface area contributed by atoms with E-state index in [1.807, 2.05) is 6.92 Å². The lowest BCUT2D eigenvalue weighted by atomic mass is 10.2. The average molecular weight is 373 g/mol. The predicted molar refractivity (Wildman–Crippen MR) is 89.4 cm³/mol. The topological polar surface area (TPSA) is 107 Å². The Labute approximate surface area is 144 Å². The molecule has 10 heteroatoms. The van der Waals surface area contributed by atoms with Gasteiger partial charge in [0.1, 0.15) is 0 Å². The number of sulfonamides is 1. The van der Waals surface area contributed by atoms with Crippen LogP contribution in [0.4, 0.5) is 5.69 Å². The Morgan fingerprint density at radius 1 is 1.46 bits per heavy atom. The van der Waals surface area contributed by atoms with Crippen molar-refractivity contribution in [3.05, 3.63) is 51.3 Å². The third-order valence-electron chi connectivity index (χ3n) is 3.48. The largest absolute Gasteiger partial charge is 0.275 e. The molecule has 8 nitrogen and oxygen atoms in total. The summed E-state index contributed by atoms with van der Waals surface area (Å²) in [7, 11) is -3.90. The van der Waals surface area contributed by atoms with Crippen LogP contribution in [-0.4, -0.2) is 29.7 Å². The molecule has 0 fully saturated rings. The number of nitro groups is 1. The molecule has 0 saturated carbocycles. The summed E-state index contributed by atoms with van der Waals surface area (Å²) in [4.78, 5) is 10.1. The highest BCUT2D eigenvalue weighted by Gasteiger charge is 2.22. The summed E-state index contributed by atoms with van der Waals surface area (Å²) in [5, 5.41) is 15.1. The minimum atomic E-state index is -3.90. The van der Waals surface area contributed by atoms with E-state index in [0.717, 1.165) is 6.07 Å². The molecule has 0 aliphatic rings. The molecule has 130 valence electrons. The predicted octanol–water partition coefficient (Wildman–Crippen LogP) is 2.37. The van der Waals surface area contributed by atoms with E-state index in [9.17, 15) is 18.5 Å². The molecule has 0 aliphatic heterocycles. The highest BCUT2D eigenvalue weighted by Crippen LogP contribution is 2.29. The van der Waals surface area contributed by atoms with Gasteiger partial charge in [0, 0.05) is 37.1 Å². The normalized spacial score (nSPS) is 13.0. The highest BCUT2D eigenvalue weighted by molar-refractivity contribution is 7.89. The molecule has 1 heterocycles. The average Bonchev–Trinajstić information content (AvgIpc) is 3.00. The van der Waals surface area contributed by atoms with Crippen LogP contribution in [0.5, 0.6) is 0 Å². The fourth-order valence-corrected chi connectivity index (χ4v) is 3.60. The molecule has 1 unspecified atom stereocenters. The molecule has 1 aromatic heterocycles. The molecule has 1 aromatic carbocycles. The number of halogens is 1. The van der Waals surface area contributed by atoms with E-state index in [1.165, 1.54) is 13.0 Å². The zero-order valence-electron chi connectivity index (χ0n) is 13.1. The molecule has 0 aliphatic carbocycles. The van der Waals surface area contributed by atoms with E-state index in [4.69, 9.17) is 11.6 Å². The molecule has 0 bridgehead atoms. The standard InChI is InChI=1S/C14H17ClN4O4S/c1-10(9-18-5-3-4-16-18)8-17-24(22,23)12-6-13(15)11(2)14(7-12)19(20)21/h3-7,10,17H,8-9H2,1-2H3. The van der Waals surface area contributed by atoms with Gasteiger partial charge in [-0.1, -0.05) is 18.5 Å². The zero-order valence-corrected chi connectivity index (χ0v) is 14.7. The van der Waals surface area contributed by atoms with Gasteiger partial charge in [0.05, 0.1) is 14.8 Å². The molecule has 0 spiro atoms. The maximum absolute atomic E-state index is 12.4. The molecule has 2 aromatic rings. The molecule has 0 saturated heterocycles. The Hall–Kier alpha value is -1.97. The summed E-state index contributed by atoms with van der Waals surface area (Å²) in [6.07, 6.45) is 3.43. The van der Waals surface area contributed by atoms with Crippen LogP contribution >= 0.6 is 11.6 Å². The lowest BCUT2D eigenvalue weighted by Crippen LogP contribution is -2.30. The maximum Gasteiger partial charge on any atom is 0.275 e. The minimum absolute atomic E-state index is 0.0180. The van der Waals surface area contributed by atoms with Crippen molar-refractivity contribution in [3.63, 3.8) is 0 Å². The molecular formula is C14H17ClN4O4S. The number of hydrogen-bond donors (Lipinski definition) is 1. The first-order valence-corrected chi connectivity index (χ1v) is 8.98. The third-order valence-corrected chi connectivity index (χ3v) is 5.27. The highest BCUT2D eigenvalue weighted by atomic mass is 35.5. The van der Waals surface area contributed by atoms with Gasteiger partial charge < -0.3 is 0 Å². The van der Waals surface area contributed by atoms with Crippen molar-refractivity contribution in [2.45, 2.75) is 25.3 Å². The Morgan fingerprint density at radius 2 is 2.17 bits per heavy atom. The first-order valence-electron chi connectivity index (χ1n) is 7.12. The second kappa shape index (κ2) is 7.29. The van der Waals surface area contributed by atoms with Gasteiger partial charge in [-0.05, 0) is 25.0 Å². The van der Waals surface area contributed by atoms with Gasteiger partial charge in [-0.2, -0.15) is 5.10 Å². The summed E-state index contributed by atoms with van der Waals surface area (Å²) in [5.74, 6) is -0.0180. The molecule has 1 N–H and O–H groups in total. The first-order chi connectivity index (χ1) is 11.2. The summed E-state index contributed by atoms with van der Waals surface area (Å²) in [6, 6.07) is 4.01. The summed E-state index contributed by atoms with van der Waals surface area (Å²) in [5.41, 5.74) is -0.0971. The smallest absolute Gasteiger partial charge is 0.272 e. The zero-order chi connectivity index (χ0) is 17.9. The van der Waals surface area contributed by atoms with Crippen LogP contribution in [-0.2, 0) is 16.6 Å². The third kappa shape index (κ3) is 4.31. The Balaban J connectivity index is 2.14. The number of aromatic nitrogens is 2. The van der Waals surface area contributed by atoms with E-state index in [-0.39, 0.29) is 33.6 Å². The summed E-state index contributed by atoms with van der Waals surface area (Å²) >= 11 is 5.92. The number of rotatable bonds is 7. The molecular weight excluding hydrogens is 356 g/mol. The van der Waals surface area contributed by atoms with Crippen LogP contribution in [0.15, 0.2) is 35.5 Å². The quantitative estimate of drug-likeness (QED) is 0.593. The van der Waals surface area contributed by atoms with Crippen molar-refractivity contribution in [2.75, 3.05) is 6.54 Å². The second-order valence-electron chi connectivity index (χ2n) is 5.49. The SMILES string of the molecule is Cc1c(Cl)cc(S(=O)(=O)NCC(C)Cn2cccn2)cc1[N+](=O)[O-]. The van der Waals surface area contributed by atoms with E-state index in [0.29, 0.717) is 6.54 Å². The minimum Gasteiger partial charge on any atom is -0.272 e. The van der Waals surface area contributed by atoms with Gasteiger partial charge >= 0.3 is 0 Å². The van der Waals surface area contributed by atoms with Crippen LogP contribution < -0.4 is 4.72 Å². The molecule has 0 radical (unpaired) electrons. The van der Waals surface area contributed by atoms with Gasteiger partial charge in [-0.15, -0.1) is 0 Å². The lowest BCUT2D eigenvalue weighted by Gasteiger charge is -2.13. The Morgan fingerprint density at radius 3 is 2.75 bits per heavy atom. The van der Waals surface area contributed by atoms with Gasteiger partial charge in [-0.3, -0.25) is 14.8 Å². The van der Waals surface area contributed by atoms with Crippen LogP contribution in [0, 0.1) is 23.0 Å². The van der Waals surface area contributed by atoms with Crippen molar-refractivity contribution in [1.29, 1.82) is 0 Å². The van der Waals surface area contributed by atoms with Crippen LogP contribution in [0.3, 0.4) is 0 Å². The van der Waals surface area contributed by atoms with Gasteiger partial charge in [0.2, 0.25) is 10.0 Å². The molecule has 2 rings (SSSR count). The van der Waals surface area contributed by atoms with Crippen LogP contribution in [0.1, 0.15) is 12.5 Å². The van der Waals surface area contributed by atoms with Crippen LogP contribution in [0.25, 0.3) is 0 Å². The van der Waals surface area contributed by atoms with Crippen molar-refractivity contribution in [1.82, 2.24) is 14.5 Å². The van der Waals surface area contributed by atoms with E-state index >= 15 is 0 Å². The second-order valence-corrected chi connectivity index (χ2v) is 7.67. The number of hydrogen-bond acceptors (Lipinski definition) is 5. The Kier molecular flexibility index (Phi) is 5.58. The van der Waals surface area contributed by atoms with Crippen molar-refractivity contribution < 1.29 is 13.3 Å². The van der Waals surface area contributed by atoms with Gasteiger partial charge in [-0.25, -0.2) is 13.1 Å².